The Balaban J connectivity index is 1.48. The van der Waals surface area contributed by atoms with E-state index >= 15 is 0 Å². The first-order valence-corrected chi connectivity index (χ1v) is 9.19. The Morgan fingerprint density at radius 3 is 2.86 bits per heavy atom. The Labute approximate surface area is 161 Å². The van der Waals surface area contributed by atoms with E-state index in [-0.39, 0.29) is 30.3 Å². The van der Waals surface area contributed by atoms with Crippen molar-refractivity contribution in [3.63, 3.8) is 0 Å². The zero-order valence-electron chi connectivity index (χ0n) is 15.7. The monoisotopic (exact) mass is 391 g/mol. The highest BCUT2D eigenvalue weighted by molar-refractivity contribution is 5.90. The Bertz CT molecular complexity index is 847. The Morgan fingerprint density at radius 2 is 2.18 bits per heavy atom. The van der Waals surface area contributed by atoms with E-state index in [1.54, 1.807) is 17.0 Å². The number of piperidine rings is 1. The summed E-state index contributed by atoms with van der Waals surface area (Å²) in [6, 6.07) is 4.73. The van der Waals surface area contributed by atoms with E-state index in [1.807, 2.05) is 0 Å². The van der Waals surface area contributed by atoms with Crippen LogP contribution in [-0.4, -0.2) is 62.4 Å². The van der Waals surface area contributed by atoms with Gasteiger partial charge in [-0.05, 0) is 30.0 Å². The fourth-order valence-corrected chi connectivity index (χ4v) is 4.34. The number of carbonyl (C=O) groups is 3. The number of amides is 3. The first kappa shape index (κ1) is 18.5. The average Bonchev–Trinajstić information content (AvgIpc) is 3.02. The van der Waals surface area contributed by atoms with Crippen LogP contribution in [0.1, 0.15) is 18.9 Å². The summed E-state index contributed by atoms with van der Waals surface area (Å²) in [7, 11) is 1.34. The molecule has 1 aliphatic carbocycles. The number of ether oxygens (including phenoxy) is 2. The van der Waals surface area contributed by atoms with Gasteiger partial charge in [-0.15, -0.1) is 0 Å². The highest BCUT2D eigenvalue weighted by Gasteiger charge is 2.62. The molecule has 3 atom stereocenters. The molecule has 0 aromatic heterocycles. The molecule has 3 fully saturated rings. The predicted molar refractivity (Wildman–Crippen MR) is 96.5 cm³/mol. The van der Waals surface area contributed by atoms with E-state index in [1.165, 1.54) is 25.0 Å². The second-order valence-corrected chi connectivity index (χ2v) is 7.63. The zero-order valence-corrected chi connectivity index (χ0v) is 15.7. The number of cyclic esters (lactones) is 1. The smallest absolute Gasteiger partial charge is 0.414 e. The minimum Gasteiger partial charge on any atom is -0.453 e. The minimum absolute atomic E-state index is 0.208. The molecule has 1 saturated carbocycles. The summed E-state index contributed by atoms with van der Waals surface area (Å²) in [6.45, 7) is 2.84. The van der Waals surface area contributed by atoms with Crippen LogP contribution in [0.4, 0.5) is 19.7 Å². The molecule has 0 bridgehead atoms. The van der Waals surface area contributed by atoms with E-state index in [0.717, 1.165) is 6.42 Å². The van der Waals surface area contributed by atoms with Gasteiger partial charge < -0.3 is 19.7 Å². The van der Waals surface area contributed by atoms with Crippen molar-refractivity contribution in [3.8, 4) is 0 Å². The number of fused-ring (bicyclic) bond motifs is 1. The van der Waals surface area contributed by atoms with Gasteiger partial charge in [0, 0.05) is 25.4 Å². The summed E-state index contributed by atoms with van der Waals surface area (Å²) in [5.74, 6) is -0.378. The highest BCUT2D eigenvalue weighted by atomic mass is 19.1. The lowest BCUT2D eigenvalue weighted by Crippen LogP contribution is -2.33. The van der Waals surface area contributed by atoms with Crippen molar-refractivity contribution in [2.24, 2.45) is 5.92 Å². The van der Waals surface area contributed by atoms with Crippen LogP contribution in [0.2, 0.25) is 0 Å². The molecule has 28 heavy (non-hydrogen) atoms. The summed E-state index contributed by atoms with van der Waals surface area (Å²) in [5, 5.41) is 2.61. The quantitative estimate of drug-likeness (QED) is 0.843. The van der Waals surface area contributed by atoms with Gasteiger partial charge in [0.25, 0.3) is 0 Å². The van der Waals surface area contributed by atoms with Crippen LogP contribution in [0.5, 0.6) is 0 Å². The van der Waals surface area contributed by atoms with Crippen LogP contribution in [0.25, 0.3) is 0 Å². The van der Waals surface area contributed by atoms with E-state index in [2.05, 4.69) is 5.32 Å². The second kappa shape index (κ2) is 6.65. The normalized spacial score (nSPS) is 28.0. The molecule has 150 valence electrons. The lowest BCUT2D eigenvalue weighted by molar-refractivity contribution is -0.119. The number of anilines is 1. The third-order valence-electron chi connectivity index (χ3n) is 5.83. The number of hydrogen-bond donors (Lipinski definition) is 1. The van der Waals surface area contributed by atoms with Crippen molar-refractivity contribution < 1.29 is 28.2 Å². The largest absolute Gasteiger partial charge is 0.453 e. The standard InChI is InChI=1S/C19H22FN3O5/c1-11(24)21-7-14-9-23(18(26)28-14)13-3-4-15(16(20)5-13)19-6-12(19)8-22(10-19)17(25)27-2/h3-5,12,14H,6-10H2,1-2H3,(H,21,24)/t12-,14-,19-/m0/s1. The van der Waals surface area contributed by atoms with Crippen molar-refractivity contribution in [2.75, 3.05) is 38.2 Å². The molecule has 9 heteroatoms. The maximum absolute atomic E-state index is 14.9. The summed E-state index contributed by atoms with van der Waals surface area (Å²) in [5.41, 5.74) is 0.610. The maximum Gasteiger partial charge on any atom is 0.414 e. The lowest BCUT2D eigenvalue weighted by Gasteiger charge is -2.21. The Hall–Kier alpha value is -2.84. The van der Waals surface area contributed by atoms with Gasteiger partial charge in [-0.3, -0.25) is 9.69 Å². The predicted octanol–water partition coefficient (Wildman–Crippen LogP) is 1.63. The molecular formula is C19H22FN3O5. The molecule has 2 heterocycles. The van der Waals surface area contributed by atoms with Gasteiger partial charge in [0.15, 0.2) is 0 Å². The number of halogens is 1. The lowest BCUT2D eigenvalue weighted by atomic mass is 9.94. The van der Waals surface area contributed by atoms with E-state index in [0.29, 0.717) is 24.3 Å². The number of hydrogen-bond acceptors (Lipinski definition) is 5. The van der Waals surface area contributed by atoms with Crippen molar-refractivity contribution in [1.82, 2.24) is 10.2 Å². The summed E-state index contributed by atoms with van der Waals surface area (Å²) >= 11 is 0. The summed E-state index contributed by atoms with van der Waals surface area (Å²) < 4.78 is 24.9. The van der Waals surface area contributed by atoms with Gasteiger partial charge in [-0.2, -0.15) is 0 Å². The molecule has 3 amide bonds. The third-order valence-corrected chi connectivity index (χ3v) is 5.83. The number of carbonyl (C=O) groups excluding carboxylic acids is 3. The van der Waals surface area contributed by atoms with Crippen molar-refractivity contribution in [1.29, 1.82) is 0 Å². The average molecular weight is 391 g/mol. The SMILES string of the molecule is COC(=O)N1C[C@@H]2C[C@]2(c2ccc(N3C[C@H](CNC(C)=O)OC3=O)cc2F)C1. The molecule has 2 aliphatic heterocycles. The first-order valence-electron chi connectivity index (χ1n) is 9.19. The van der Waals surface area contributed by atoms with Crippen LogP contribution in [-0.2, 0) is 19.7 Å². The topological polar surface area (TPSA) is 88.2 Å². The number of nitrogens with one attached hydrogen (secondary N) is 1. The molecule has 1 aromatic rings. The molecule has 0 radical (unpaired) electrons. The number of benzene rings is 1. The van der Waals surface area contributed by atoms with Crippen molar-refractivity contribution >= 4 is 23.8 Å². The van der Waals surface area contributed by atoms with Gasteiger partial charge in [-0.1, -0.05) is 6.07 Å². The molecule has 0 spiro atoms. The van der Waals surface area contributed by atoms with E-state index < -0.39 is 24.1 Å². The molecule has 8 nitrogen and oxygen atoms in total. The second-order valence-electron chi connectivity index (χ2n) is 7.63. The fraction of sp³-hybridized carbons (Fsp3) is 0.526. The molecular weight excluding hydrogens is 369 g/mol. The van der Waals surface area contributed by atoms with Crippen molar-refractivity contribution in [2.45, 2.75) is 24.9 Å². The zero-order chi connectivity index (χ0) is 20.1. The number of nitrogens with zero attached hydrogens (tertiary/aromatic N) is 2. The third kappa shape index (κ3) is 3.04. The fourth-order valence-electron chi connectivity index (χ4n) is 4.34. The summed E-state index contributed by atoms with van der Waals surface area (Å²) in [4.78, 5) is 37.8. The van der Waals surface area contributed by atoms with Crippen LogP contribution in [0, 0.1) is 11.7 Å². The van der Waals surface area contributed by atoms with Crippen LogP contribution >= 0.6 is 0 Å². The maximum atomic E-state index is 14.9. The number of methoxy groups -OCH3 is 1. The van der Waals surface area contributed by atoms with Gasteiger partial charge in [0.2, 0.25) is 5.91 Å². The molecule has 0 unspecified atom stereocenters. The molecule has 2 saturated heterocycles. The van der Waals surface area contributed by atoms with Gasteiger partial charge >= 0.3 is 12.2 Å². The van der Waals surface area contributed by atoms with Crippen LogP contribution in [0.3, 0.4) is 0 Å². The molecule has 3 aliphatic rings. The first-order chi connectivity index (χ1) is 13.3. The molecule has 1 N–H and O–H groups in total. The Morgan fingerprint density at radius 1 is 1.39 bits per heavy atom. The van der Waals surface area contributed by atoms with Gasteiger partial charge in [0.1, 0.15) is 11.9 Å². The molecule has 4 rings (SSSR count). The molecule has 1 aromatic carbocycles. The van der Waals surface area contributed by atoms with Crippen molar-refractivity contribution in [3.05, 3.63) is 29.6 Å². The van der Waals surface area contributed by atoms with Crippen LogP contribution < -0.4 is 10.2 Å². The van der Waals surface area contributed by atoms with Crippen LogP contribution in [0.15, 0.2) is 18.2 Å². The van der Waals surface area contributed by atoms with E-state index in [4.69, 9.17) is 9.47 Å². The number of likely N-dealkylation sites (tertiary alicyclic amines) is 1. The highest BCUT2D eigenvalue weighted by Crippen LogP contribution is 2.59. The number of rotatable bonds is 4. The van der Waals surface area contributed by atoms with Gasteiger partial charge in [-0.25, -0.2) is 14.0 Å². The minimum atomic E-state index is -0.567. The summed E-state index contributed by atoms with van der Waals surface area (Å²) in [6.07, 6.45) is -0.605. The van der Waals surface area contributed by atoms with Gasteiger partial charge in [0.05, 0.1) is 25.9 Å². The Kier molecular flexibility index (Phi) is 4.40. The van der Waals surface area contributed by atoms with E-state index in [9.17, 15) is 18.8 Å².